The van der Waals surface area contributed by atoms with Crippen LogP contribution in [0.4, 0.5) is 0 Å². The number of rotatable bonds is 5. The normalized spacial score (nSPS) is 15.9. The van der Waals surface area contributed by atoms with Crippen molar-refractivity contribution in [2.24, 2.45) is 4.99 Å². The van der Waals surface area contributed by atoms with Crippen LogP contribution in [-0.4, -0.2) is 37.6 Å². The molecule has 0 unspecified atom stereocenters. The second-order valence-electron chi connectivity index (χ2n) is 5.98. The minimum absolute atomic E-state index is 0.189. The third-order valence-electron chi connectivity index (χ3n) is 4.24. The third-order valence-corrected chi connectivity index (χ3v) is 4.48. The Morgan fingerprint density at radius 3 is 2.67 bits per heavy atom. The number of benzene rings is 2. The number of nitrogens with zero attached hydrogens (tertiary/aromatic N) is 1. The summed E-state index contributed by atoms with van der Waals surface area (Å²) in [5.41, 5.74) is 3.18. The van der Waals surface area contributed by atoms with Gasteiger partial charge in [-0.2, -0.15) is 0 Å². The molecular weight excluding hydrogens is 324 g/mol. The highest BCUT2D eigenvalue weighted by molar-refractivity contribution is 6.30. The molecule has 5 heteroatoms. The SMILES string of the molecule is Oc1ccc(Cl)cc1C=NCc1ccccc1C[NH+]1CCOCC1. The summed E-state index contributed by atoms with van der Waals surface area (Å²) in [6.45, 7) is 5.36. The fourth-order valence-electron chi connectivity index (χ4n) is 2.86. The van der Waals surface area contributed by atoms with E-state index in [2.05, 4.69) is 23.2 Å². The van der Waals surface area contributed by atoms with Crippen molar-refractivity contribution >= 4 is 17.8 Å². The van der Waals surface area contributed by atoms with E-state index < -0.39 is 0 Å². The van der Waals surface area contributed by atoms with Gasteiger partial charge in [-0.25, -0.2) is 0 Å². The number of morpholine rings is 1. The first kappa shape index (κ1) is 17.0. The molecule has 2 aromatic rings. The lowest BCUT2D eigenvalue weighted by atomic mass is 10.1. The average Bonchev–Trinajstić information content (AvgIpc) is 2.60. The van der Waals surface area contributed by atoms with Gasteiger partial charge in [0.2, 0.25) is 0 Å². The highest BCUT2D eigenvalue weighted by Crippen LogP contribution is 2.20. The van der Waals surface area contributed by atoms with Gasteiger partial charge in [-0.1, -0.05) is 35.9 Å². The molecule has 1 saturated heterocycles. The van der Waals surface area contributed by atoms with Crippen LogP contribution in [0, 0.1) is 0 Å². The predicted molar refractivity (Wildman–Crippen MR) is 96.1 cm³/mol. The van der Waals surface area contributed by atoms with E-state index in [1.807, 2.05) is 6.07 Å². The standard InChI is InChI=1S/C19H21ClN2O2/c20-18-5-6-19(23)17(11-18)13-21-12-15-3-1-2-4-16(15)14-22-7-9-24-10-8-22/h1-6,11,13,23H,7-10,12,14H2/p+1. The van der Waals surface area contributed by atoms with Crippen LogP contribution in [0.5, 0.6) is 5.75 Å². The predicted octanol–water partition coefficient (Wildman–Crippen LogP) is 2.08. The van der Waals surface area contributed by atoms with Gasteiger partial charge in [0.25, 0.3) is 0 Å². The van der Waals surface area contributed by atoms with Crippen molar-refractivity contribution in [2.45, 2.75) is 13.1 Å². The van der Waals surface area contributed by atoms with Crippen molar-refractivity contribution in [3.63, 3.8) is 0 Å². The molecule has 1 heterocycles. The van der Waals surface area contributed by atoms with Crippen molar-refractivity contribution in [3.05, 3.63) is 64.2 Å². The van der Waals surface area contributed by atoms with Crippen molar-refractivity contribution in [1.82, 2.24) is 0 Å². The maximum Gasteiger partial charge on any atom is 0.124 e. The van der Waals surface area contributed by atoms with Gasteiger partial charge in [-0.05, 0) is 23.8 Å². The zero-order valence-electron chi connectivity index (χ0n) is 13.5. The summed E-state index contributed by atoms with van der Waals surface area (Å²) < 4.78 is 5.42. The fraction of sp³-hybridized carbons (Fsp3) is 0.316. The summed E-state index contributed by atoms with van der Waals surface area (Å²) in [5.74, 6) is 0.189. The zero-order valence-corrected chi connectivity index (χ0v) is 14.3. The number of aromatic hydroxyl groups is 1. The van der Waals surface area contributed by atoms with Crippen LogP contribution >= 0.6 is 11.6 Å². The monoisotopic (exact) mass is 345 g/mol. The summed E-state index contributed by atoms with van der Waals surface area (Å²) >= 11 is 5.96. The fourth-order valence-corrected chi connectivity index (χ4v) is 3.04. The molecule has 0 atom stereocenters. The van der Waals surface area contributed by atoms with Crippen LogP contribution in [0.3, 0.4) is 0 Å². The van der Waals surface area contributed by atoms with E-state index in [0.29, 0.717) is 17.1 Å². The highest BCUT2D eigenvalue weighted by Gasteiger charge is 2.15. The number of aliphatic imine (C=N–C) groups is 1. The van der Waals surface area contributed by atoms with Crippen LogP contribution < -0.4 is 4.90 Å². The molecule has 2 N–H and O–H groups in total. The van der Waals surface area contributed by atoms with E-state index in [9.17, 15) is 5.11 Å². The molecule has 24 heavy (non-hydrogen) atoms. The summed E-state index contributed by atoms with van der Waals surface area (Å²) in [6.07, 6.45) is 1.68. The molecule has 0 bridgehead atoms. The third kappa shape index (κ3) is 4.57. The van der Waals surface area contributed by atoms with E-state index >= 15 is 0 Å². The molecule has 1 fully saturated rings. The van der Waals surface area contributed by atoms with Gasteiger partial charge in [0, 0.05) is 22.4 Å². The molecule has 0 aromatic heterocycles. The zero-order chi connectivity index (χ0) is 16.8. The Bertz CT molecular complexity index is 712. The number of halogens is 1. The first-order valence-electron chi connectivity index (χ1n) is 8.19. The molecular formula is C19H22ClN2O2+. The van der Waals surface area contributed by atoms with Gasteiger partial charge >= 0.3 is 0 Å². The van der Waals surface area contributed by atoms with Gasteiger partial charge < -0.3 is 14.7 Å². The second-order valence-corrected chi connectivity index (χ2v) is 6.42. The molecule has 1 aliphatic heterocycles. The Morgan fingerprint density at radius 2 is 1.88 bits per heavy atom. The molecule has 0 spiro atoms. The van der Waals surface area contributed by atoms with Crippen molar-refractivity contribution in [2.75, 3.05) is 26.3 Å². The van der Waals surface area contributed by atoms with Gasteiger partial charge in [-0.3, -0.25) is 4.99 Å². The first-order valence-corrected chi connectivity index (χ1v) is 8.56. The van der Waals surface area contributed by atoms with Crippen molar-refractivity contribution in [1.29, 1.82) is 0 Å². The largest absolute Gasteiger partial charge is 0.507 e. The van der Waals surface area contributed by atoms with Crippen molar-refractivity contribution in [3.8, 4) is 5.75 Å². The number of nitrogens with one attached hydrogen (secondary N) is 1. The van der Waals surface area contributed by atoms with Gasteiger partial charge in [0.1, 0.15) is 25.4 Å². The molecule has 2 aromatic carbocycles. The first-order chi connectivity index (χ1) is 11.7. The summed E-state index contributed by atoms with van der Waals surface area (Å²) in [6, 6.07) is 13.4. The number of ether oxygens (including phenoxy) is 1. The maximum absolute atomic E-state index is 9.84. The smallest absolute Gasteiger partial charge is 0.124 e. The molecule has 126 valence electrons. The van der Waals surface area contributed by atoms with Gasteiger partial charge in [-0.15, -0.1) is 0 Å². The summed E-state index contributed by atoms with van der Waals surface area (Å²) in [7, 11) is 0. The number of hydrogen-bond donors (Lipinski definition) is 2. The summed E-state index contributed by atoms with van der Waals surface area (Å²) in [5, 5.41) is 10.4. The Balaban J connectivity index is 1.68. The lowest BCUT2D eigenvalue weighted by Crippen LogP contribution is -3.12. The van der Waals surface area contributed by atoms with Crippen LogP contribution in [0.1, 0.15) is 16.7 Å². The Hall–Kier alpha value is -1.88. The minimum Gasteiger partial charge on any atom is -0.507 e. The highest BCUT2D eigenvalue weighted by atomic mass is 35.5. The number of hydrogen-bond acceptors (Lipinski definition) is 3. The topological polar surface area (TPSA) is 46.3 Å². The van der Waals surface area contributed by atoms with E-state index in [4.69, 9.17) is 16.3 Å². The average molecular weight is 346 g/mol. The van der Waals surface area contributed by atoms with Crippen LogP contribution in [-0.2, 0) is 17.8 Å². The quantitative estimate of drug-likeness (QED) is 0.815. The maximum atomic E-state index is 9.84. The number of phenolic OH excluding ortho intramolecular Hbond substituents is 1. The van der Waals surface area contributed by atoms with Crippen molar-refractivity contribution < 1.29 is 14.7 Å². The lowest BCUT2D eigenvalue weighted by Gasteiger charge is -2.24. The molecule has 0 aliphatic carbocycles. The molecule has 0 amide bonds. The Morgan fingerprint density at radius 1 is 1.12 bits per heavy atom. The minimum atomic E-state index is 0.189. The molecule has 4 nitrogen and oxygen atoms in total. The van der Waals surface area contributed by atoms with E-state index in [1.165, 1.54) is 11.1 Å². The molecule has 0 radical (unpaired) electrons. The van der Waals surface area contributed by atoms with E-state index in [-0.39, 0.29) is 5.75 Å². The van der Waals surface area contributed by atoms with Gasteiger partial charge in [0.05, 0.1) is 19.8 Å². The molecule has 1 aliphatic rings. The molecule has 3 rings (SSSR count). The molecule has 0 saturated carbocycles. The van der Waals surface area contributed by atoms with E-state index in [0.717, 1.165) is 32.8 Å². The lowest BCUT2D eigenvalue weighted by molar-refractivity contribution is -0.921. The summed E-state index contributed by atoms with van der Waals surface area (Å²) in [4.78, 5) is 6.04. The van der Waals surface area contributed by atoms with E-state index in [1.54, 1.807) is 29.3 Å². The van der Waals surface area contributed by atoms with Crippen LogP contribution in [0.15, 0.2) is 47.5 Å². The van der Waals surface area contributed by atoms with Crippen LogP contribution in [0.25, 0.3) is 0 Å². The van der Waals surface area contributed by atoms with Gasteiger partial charge in [0.15, 0.2) is 0 Å². The Kier molecular flexibility index (Phi) is 5.86. The Labute approximate surface area is 147 Å². The number of phenols is 1. The van der Waals surface area contributed by atoms with Crippen LogP contribution in [0.2, 0.25) is 5.02 Å². The number of quaternary nitrogens is 1. The second kappa shape index (κ2) is 8.29.